The van der Waals surface area contributed by atoms with Crippen LogP contribution in [0.3, 0.4) is 0 Å². The number of carbonyl (C=O) groups excluding carboxylic acids is 1. The highest BCUT2D eigenvalue weighted by molar-refractivity contribution is 6.01. The topological polar surface area (TPSA) is 56.8 Å². The van der Waals surface area contributed by atoms with Crippen molar-refractivity contribution < 1.29 is 19.0 Å². The summed E-state index contributed by atoms with van der Waals surface area (Å²) in [6.45, 7) is 2.48. The van der Waals surface area contributed by atoms with E-state index in [4.69, 9.17) is 14.2 Å². The van der Waals surface area contributed by atoms with E-state index in [2.05, 4.69) is 5.32 Å². The molecule has 0 atom stereocenters. The van der Waals surface area contributed by atoms with Crippen LogP contribution in [0.1, 0.15) is 12.5 Å². The maximum absolute atomic E-state index is 12.0. The molecule has 0 radical (unpaired) electrons. The molecule has 0 saturated carbocycles. The largest absolute Gasteiger partial charge is 0.497 e. The second-order valence-corrected chi connectivity index (χ2v) is 4.89. The molecular formula is C19H21NO4. The summed E-state index contributed by atoms with van der Waals surface area (Å²) in [7, 11) is 3.18. The zero-order chi connectivity index (χ0) is 17.4. The highest BCUT2D eigenvalue weighted by Gasteiger charge is 2.04. The van der Waals surface area contributed by atoms with Crippen molar-refractivity contribution in [2.45, 2.75) is 6.92 Å². The van der Waals surface area contributed by atoms with E-state index in [1.54, 1.807) is 44.6 Å². The number of carbonyl (C=O) groups is 1. The van der Waals surface area contributed by atoms with E-state index in [1.807, 2.05) is 25.1 Å². The SMILES string of the molecule is CCOc1ccc(/C=C/C(=O)Nc2ccc(OC)cc2)cc1OC. The third-order valence-electron chi connectivity index (χ3n) is 3.27. The summed E-state index contributed by atoms with van der Waals surface area (Å²) in [6.07, 6.45) is 3.19. The van der Waals surface area contributed by atoms with Gasteiger partial charge >= 0.3 is 0 Å². The number of hydrogen-bond acceptors (Lipinski definition) is 4. The molecule has 0 aromatic heterocycles. The minimum Gasteiger partial charge on any atom is -0.497 e. The van der Waals surface area contributed by atoms with Crippen molar-refractivity contribution in [2.24, 2.45) is 0 Å². The third kappa shape index (κ3) is 4.78. The lowest BCUT2D eigenvalue weighted by molar-refractivity contribution is -0.111. The molecule has 0 saturated heterocycles. The van der Waals surface area contributed by atoms with Gasteiger partial charge in [-0.2, -0.15) is 0 Å². The van der Waals surface area contributed by atoms with Crippen LogP contribution >= 0.6 is 0 Å². The molecule has 1 N–H and O–H groups in total. The maximum Gasteiger partial charge on any atom is 0.248 e. The highest BCUT2D eigenvalue weighted by atomic mass is 16.5. The number of nitrogens with one attached hydrogen (secondary N) is 1. The average molecular weight is 327 g/mol. The fourth-order valence-electron chi connectivity index (χ4n) is 2.09. The van der Waals surface area contributed by atoms with Gasteiger partial charge in [0.05, 0.1) is 20.8 Å². The van der Waals surface area contributed by atoms with E-state index in [0.29, 0.717) is 23.8 Å². The normalized spacial score (nSPS) is 10.5. The van der Waals surface area contributed by atoms with E-state index in [0.717, 1.165) is 11.3 Å². The number of anilines is 1. The van der Waals surface area contributed by atoms with E-state index >= 15 is 0 Å². The maximum atomic E-state index is 12.0. The molecule has 0 bridgehead atoms. The molecule has 0 heterocycles. The molecule has 1 amide bonds. The average Bonchev–Trinajstić information content (AvgIpc) is 2.61. The Morgan fingerprint density at radius 2 is 1.79 bits per heavy atom. The first-order valence-electron chi connectivity index (χ1n) is 7.60. The van der Waals surface area contributed by atoms with Gasteiger partial charge < -0.3 is 19.5 Å². The van der Waals surface area contributed by atoms with Gasteiger partial charge in [0.25, 0.3) is 0 Å². The molecule has 0 unspecified atom stereocenters. The first-order valence-corrected chi connectivity index (χ1v) is 7.60. The summed E-state index contributed by atoms with van der Waals surface area (Å²) in [5, 5.41) is 2.79. The van der Waals surface area contributed by atoms with E-state index in [9.17, 15) is 4.79 Å². The fourth-order valence-corrected chi connectivity index (χ4v) is 2.09. The quantitative estimate of drug-likeness (QED) is 0.787. The standard InChI is InChI=1S/C19H21NO4/c1-4-24-17-11-5-14(13-18(17)23-3)6-12-19(21)20-15-7-9-16(22-2)10-8-15/h5-13H,4H2,1-3H3,(H,20,21)/b12-6+. The lowest BCUT2D eigenvalue weighted by Gasteiger charge is -2.09. The van der Waals surface area contributed by atoms with Crippen LogP contribution in [0.4, 0.5) is 5.69 Å². The minimum atomic E-state index is -0.215. The van der Waals surface area contributed by atoms with Gasteiger partial charge in [0.1, 0.15) is 5.75 Å². The van der Waals surface area contributed by atoms with Crippen molar-refractivity contribution in [2.75, 3.05) is 26.1 Å². The lowest BCUT2D eigenvalue weighted by atomic mass is 10.2. The molecule has 2 rings (SSSR count). The Labute approximate surface area is 141 Å². The number of amides is 1. The lowest BCUT2D eigenvalue weighted by Crippen LogP contribution is -2.07. The van der Waals surface area contributed by atoms with Crippen LogP contribution < -0.4 is 19.5 Å². The molecule has 2 aromatic carbocycles. The van der Waals surface area contributed by atoms with Gasteiger partial charge in [-0.15, -0.1) is 0 Å². The van der Waals surface area contributed by atoms with Gasteiger partial charge in [-0.3, -0.25) is 4.79 Å². The van der Waals surface area contributed by atoms with Gasteiger partial charge in [0.2, 0.25) is 5.91 Å². The molecule has 5 heteroatoms. The first-order chi connectivity index (χ1) is 11.7. The van der Waals surface area contributed by atoms with Crippen molar-refractivity contribution in [3.8, 4) is 17.2 Å². The van der Waals surface area contributed by atoms with Crippen LogP contribution in [-0.2, 0) is 4.79 Å². The summed E-state index contributed by atoms with van der Waals surface area (Å²) in [4.78, 5) is 12.0. The number of ether oxygens (including phenoxy) is 3. The molecule has 126 valence electrons. The van der Waals surface area contributed by atoms with Gasteiger partial charge in [0, 0.05) is 11.8 Å². The van der Waals surface area contributed by atoms with Gasteiger partial charge in [0.15, 0.2) is 11.5 Å². The highest BCUT2D eigenvalue weighted by Crippen LogP contribution is 2.28. The minimum absolute atomic E-state index is 0.215. The summed E-state index contributed by atoms with van der Waals surface area (Å²) in [6, 6.07) is 12.7. The number of methoxy groups -OCH3 is 2. The van der Waals surface area contributed by atoms with Crippen LogP contribution in [0, 0.1) is 0 Å². The predicted molar refractivity (Wildman–Crippen MR) is 94.8 cm³/mol. The third-order valence-corrected chi connectivity index (χ3v) is 3.27. The van der Waals surface area contributed by atoms with Crippen molar-refractivity contribution >= 4 is 17.7 Å². The van der Waals surface area contributed by atoms with Gasteiger partial charge in [-0.25, -0.2) is 0 Å². The second kappa shape index (κ2) is 8.62. The van der Waals surface area contributed by atoms with Crippen LogP contribution in [-0.4, -0.2) is 26.7 Å². The summed E-state index contributed by atoms with van der Waals surface area (Å²) >= 11 is 0. The van der Waals surface area contributed by atoms with Crippen LogP contribution in [0.25, 0.3) is 6.08 Å². The second-order valence-electron chi connectivity index (χ2n) is 4.89. The smallest absolute Gasteiger partial charge is 0.248 e. The van der Waals surface area contributed by atoms with Crippen molar-refractivity contribution in [1.29, 1.82) is 0 Å². The van der Waals surface area contributed by atoms with Crippen molar-refractivity contribution in [3.63, 3.8) is 0 Å². The number of benzene rings is 2. The Kier molecular flexibility index (Phi) is 6.25. The molecule has 0 aliphatic carbocycles. The monoisotopic (exact) mass is 327 g/mol. The molecule has 0 spiro atoms. The molecule has 0 aliphatic heterocycles. The first kappa shape index (κ1) is 17.4. The Morgan fingerprint density at radius 3 is 2.42 bits per heavy atom. The van der Waals surface area contributed by atoms with Crippen molar-refractivity contribution in [3.05, 3.63) is 54.1 Å². The molecule has 2 aromatic rings. The Hall–Kier alpha value is -2.95. The summed E-state index contributed by atoms with van der Waals surface area (Å²) in [5.74, 6) is 1.84. The predicted octanol–water partition coefficient (Wildman–Crippen LogP) is 3.75. The fraction of sp³-hybridized carbons (Fsp3) is 0.211. The van der Waals surface area contributed by atoms with Crippen LogP contribution in [0.2, 0.25) is 0 Å². The van der Waals surface area contributed by atoms with E-state index in [1.165, 1.54) is 6.08 Å². The molecule has 0 fully saturated rings. The molecular weight excluding hydrogens is 306 g/mol. The molecule has 24 heavy (non-hydrogen) atoms. The van der Waals surface area contributed by atoms with Crippen LogP contribution in [0.5, 0.6) is 17.2 Å². The van der Waals surface area contributed by atoms with Gasteiger partial charge in [-0.1, -0.05) is 6.07 Å². The zero-order valence-electron chi connectivity index (χ0n) is 14.0. The summed E-state index contributed by atoms with van der Waals surface area (Å²) < 4.78 is 15.8. The Morgan fingerprint density at radius 1 is 1.04 bits per heavy atom. The Balaban J connectivity index is 2.02. The number of rotatable bonds is 7. The summed E-state index contributed by atoms with van der Waals surface area (Å²) in [5.41, 5.74) is 1.55. The Bertz CT molecular complexity index is 708. The number of hydrogen-bond donors (Lipinski definition) is 1. The van der Waals surface area contributed by atoms with Crippen molar-refractivity contribution in [1.82, 2.24) is 0 Å². The van der Waals surface area contributed by atoms with Gasteiger partial charge in [-0.05, 0) is 55.0 Å². The van der Waals surface area contributed by atoms with E-state index in [-0.39, 0.29) is 5.91 Å². The molecule has 5 nitrogen and oxygen atoms in total. The zero-order valence-corrected chi connectivity index (χ0v) is 14.0. The molecule has 0 aliphatic rings. The van der Waals surface area contributed by atoms with E-state index < -0.39 is 0 Å². The van der Waals surface area contributed by atoms with Crippen LogP contribution in [0.15, 0.2) is 48.5 Å².